The lowest BCUT2D eigenvalue weighted by atomic mass is 10.0. The smallest absolute Gasteiger partial charge is 0.0879 e. The van der Waals surface area contributed by atoms with Gasteiger partial charge in [-0.1, -0.05) is 0 Å². The summed E-state index contributed by atoms with van der Waals surface area (Å²) in [6, 6.07) is 4.48. The van der Waals surface area contributed by atoms with Crippen LogP contribution in [0.2, 0.25) is 0 Å². The summed E-state index contributed by atoms with van der Waals surface area (Å²) in [5, 5.41) is 7.95. The van der Waals surface area contributed by atoms with E-state index in [1.54, 1.807) is 6.20 Å². The van der Waals surface area contributed by atoms with E-state index in [9.17, 15) is 0 Å². The molecule has 3 N–H and O–H groups in total. The Kier molecular flexibility index (Phi) is 2.36. The second-order valence-corrected chi connectivity index (χ2v) is 4.08. The minimum atomic E-state index is 0.353. The lowest BCUT2D eigenvalue weighted by molar-refractivity contribution is 0.321. The van der Waals surface area contributed by atoms with E-state index in [2.05, 4.69) is 42.2 Å². The third kappa shape index (κ3) is 1.68. The molecule has 0 spiro atoms. The van der Waals surface area contributed by atoms with E-state index in [0.717, 1.165) is 16.6 Å². The fourth-order valence-corrected chi connectivity index (χ4v) is 1.65. The van der Waals surface area contributed by atoms with Crippen LogP contribution >= 0.6 is 0 Å². The van der Waals surface area contributed by atoms with Gasteiger partial charge in [0.25, 0.3) is 0 Å². The maximum absolute atomic E-state index is 5.95. The standard InChI is InChI=1S/C11H16N4/c1-7(15(2)3)8-4-9-6-13-14-11(9)10(12)5-8/h4-7H,12H2,1-3H3,(H,13,14). The molecule has 0 radical (unpaired) electrons. The van der Waals surface area contributed by atoms with Gasteiger partial charge in [-0.3, -0.25) is 5.10 Å². The molecular weight excluding hydrogens is 188 g/mol. The summed E-state index contributed by atoms with van der Waals surface area (Å²) in [7, 11) is 4.11. The van der Waals surface area contributed by atoms with Crippen LogP contribution in [0.3, 0.4) is 0 Å². The average Bonchev–Trinajstić information content (AvgIpc) is 2.64. The van der Waals surface area contributed by atoms with Gasteiger partial charge < -0.3 is 10.6 Å². The molecule has 2 rings (SSSR count). The lowest BCUT2D eigenvalue weighted by Gasteiger charge is -2.20. The van der Waals surface area contributed by atoms with Crippen LogP contribution in [0.25, 0.3) is 10.9 Å². The van der Waals surface area contributed by atoms with Crippen molar-refractivity contribution in [3.63, 3.8) is 0 Å². The highest BCUT2D eigenvalue weighted by Gasteiger charge is 2.10. The molecular formula is C11H16N4. The predicted molar refractivity (Wildman–Crippen MR) is 62.6 cm³/mol. The molecule has 0 saturated heterocycles. The fourth-order valence-electron chi connectivity index (χ4n) is 1.65. The summed E-state index contributed by atoms with van der Waals surface area (Å²) < 4.78 is 0. The Morgan fingerprint density at radius 1 is 1.40 bits per heavy atom. The molecule has 0 bridgehead atoms. The number of nitrogens with one attached hydrogen (secondary N) is 1. The fraction of sp³-hybridized carbons (Fsp3) is 0.364. The number of aromatic nitrogens is 2. The van der Waals surface area contributed by atoms with Crippen molar-refractivity contribution >= 4 is 16.6 Å². The van der Waals surface area contributed by atoms with E-state index < -0.39 is 0 Å². The largest absolute Gasteiger partial charge is 0.397 e. The van der Waals surface area contributed by atoms with Gasteiger partial charge in [-0.15, -0.1) is 0 Å². The van der Waals surface area contributed by atoms with Gasteiger partial charge in [0.2, 0.25) is 0 Å². The van der Waals surface area contributed by atoms with Gasteiger partial charge >= 0.3 is 0 Å². The number of nitrogens with two attached hydrogens (primary N) is 1. The van der Waals surface area contributed by atoms with Gasteiger partial charge in [0.05, 0.1) is 17.4 Å². The third-order valence-electron chi connectivity index (χ3n) is 2.86. The number of H-pyrrole nitrogens is 1. The Balaban J connectivity index is 2.53. The van der Waals surface area contributed by atoms with E-state index in [0.29, 0.717) is 6.04 Å². The number of anilines is 1. The molecule has 0 aliphatic heterocycles. The van der Waals surface area contributed by atoms with Crippen LogP contribution in [0.1, 0.15) is 18.5 Å². The Labute approximate surface area is 89.1 Å². The van der Waals surface area contributed by atoms with Gasteiger partial charge in [-0.2, -0.15) is 5.10 Å². The molecule has 1 unspecified atom stereocenters. The average molecular weight is 204 g/mol. The Morgan fingerprint density at radius 2 is 2.13 bits per heavy atom. The number of hydrogen-bond donors (Lipinski definition) is 2. The van der Waals surface area contributed by atoms with Crippen LogP contribution in [0.15, 0.2) is 18.3 Å². The van der Waals surface area contributed by atoms with Crippen LogP contribution < -0.4 is 5.73 Å². The quantitative estimate of drug-likeness (QED) is 0.733. The second kappa shape index (κ2) is 3.55. The summed E-state index contributed by atoms with van der Waals surface area (Å²) in [6.45, 7) is 2.15. The number of rotatable bonds is 2. The van der Waals surface area contributed by atoms with Crippen molar-refractivity contribution in [2.75, 3.05) is 19.8 Å². The number of nitrogen functional groups attached to an aromatic ring is 1. The van der Waals surface area contributed by atoms with Crippen LogP contribution in [-0.2, 0) is 0 Å². The van der Waals surface area contributed by atoms with Crippen molar-refractivity contribution < 1.29 is 0 Å². The van der Waals surface area contributed by atoms with Crippen LogP contribution in [-0.4, -0.2) is 29.2 Å². The molecule has 0 aliphatic rings. The topological polar surface area (TPSA) is 57.9 Å². The summed E-state index contributed by atoms with van der Waals surface area (Å²) in [5.41, 5.74) is 8.84. The first kappa shape index (κ1) is 9.98. The normalized spacial score (nSPS) is 13.6. The van der Waals surface area contributed by atoms with E-state index in [1.165, 1.54) is 5.56 Å². The first-order valence-electron chi connectivity index (χ1n) is 4.98. The molecule has 0 saturated carbocycles. The number of aromatic amines is 1. The number of nitrogens with zero attached hydrogens (tertiary/aromatic N) is 2. The molecule has 1 aromatic heterocycles. The summed E-state index contributed by atoms with van der Waals surface area (Å²) in [6.07, 6.45) is 1.80. The molecule has 1 atom stereocenters. The van der Waals surface area contributed by atoms with Crippen molar-refractivity contribution in [3.8, 4) is 0 Å². The molecule has 1 heterocycles. The molecule has 4 heteroatoms. The number of benzene rings is 1. The number of fused-ring (bicyclic) bond motifs is 1. The molecule has 0 fully saturated rings. The van der Waals surface area contributed by atoms with Gasteiger partial charge in [0, 0.05) is 11.4 Å². The van der Waals surface area contributed by atoms with Crippen LogP contribution in [0.5, 0.6) is 0 Å². The minimum Gasteiger partial charge on any atom is -0.397 e. The maximum Gasteiger partial charge on any atom is 0.0879 e. The van der Waals surface area contributed by atoms with Crippen molar-refractivity contribution in [1.29, 1.82) is 0 Å². The van der Waals surface area contributed by atoms with E-state index in [-0.39, 0.29) is 0 Å². The highest BCUT2D eigenvalue weighted by Crippen LogP contribution is 2.26. The van der Waals surface area contributed by atoms with Crippen molar-refractivity contribution in [2.24, 2.45) is 0 Å². The Morgan fingerprint density at radius 3 is 2.80 bits per heavy atom. The number of hydrogen-bond acceptors (Lipinski definition) is 3. The minimum absolute atomic E-state index is 0.353. The van der Waals surface area contributed by atoms with Gasteiger partial charge in [-0.05, 0) is 38.7 Å². The maximum atomic E-state index is 5.95. The molecule has 0 amide bonds. The molecule has 0 aliphatic carbocycles. The predicted octanol–water partition coefficient (Wildman–Crippen LogP) is 1.77. The summed E-state index contributed by atoms with van der Waals surface area (Å²) >= 11 is 0. The van der Waals surface area contributed by atoms with Crippen molar-refractivity contribution in [1.82, 2.24) is 15.1 Å². The SMILES string of the molecule is CC(c1cc(N)c2[nH]ncc2c1)N(C)C. The first-order chi connectivity index (χ1) is 7.09. The van der Waals surface area contributed by atoms with E-state index >= 15 is 0 Å². The zero-order valence-electron chi connectivity index (χ0n) is 9.28. The van der Waals surface area contributed by atoms with E-state index in [4.69, 9.17) is 5.73 Å². The van der Waals surface area contributed by atoms with E-state index in [1.807, 2.05) is 6.07 Å². The molecule has 15 heavy (non-hydrogen) atoms. The van der Waals surface area contributed by atoms with Crippen molar-refractivity contribution in [2.45, 2.75) is 13.0 Å². The molecule has 2 aromatic rings. The van der Waals surface area contributed by atoms with Gasteiger partial charge in [0.15, 0.2) is 0 Å². The second-order valence-electron chi connectivity index (χ2n) is 4.08. The molecule has 1 aromatic carbocycles. The summed E-state index contributed by atoms with van der Waals surface area (Å²) in [4.78, 5) is 2.15. The highest BCUT2D eigenvalue weighted by molar-refractivity contribution is 5.89. The lowest BCUT2D eigenvalue weighted by Crippen LogP contribution is -2.16. The molecule has 4 nitrogen and oxygen atoms in total. The third-order valence-corrected chi connectivity index (χ3v) is 2.86. The van der Waals surface area contributed by atoms with Gasteiger partial charge in [-0.25, -0.2) is 0 Å². The molecule has 80 valence electrons. The van der Waals surface area contributed by atoms with Crippen LogP contribution in [0, 0.1) is 0 Å². The zero-order valence-corrected chi connectivity index (χ0v) is 9.28. The highest BCUT2D eigenvalue weighted by atomic mass is 15.1. The Bertz CT molecular complexity index is 472. The zero-order chi connectivity index (χ0) is 11.0. The Hall–Kier alpha value is -1.55. The first-order valence-corrected chi connectivity index (χ1v) is 4.98. The van der Waals surface area contributed by atoms with Crippen LogP contribution in [0.4, 0.5) is 5.69 Å². The van der Waals surface area contributed by atoms with Gasteiger partial charge in [0.1, 0.15) is 0 Å². The summed E-state index contributed by atoms with van der Waals surface area (Å²) in [5.74, 6) is 0. The van der Waals surface area contributed by atoms with Crippen molar-refractivity contribution in [3.05, 3.63) is 23.9 Å². The monoisotopic (exact) mass is 204 g/mol.